The Balaban J connectivity index is 2.34. The van der Waals surface area contributed by atoms with Gasteiger partial charge in [0.15, 0.2) is 0 Å². The standard InChI is InChI=1S/C10H7F3OS/c11-10(12,13)7-2-1-6-3-8(5-14)15-9(6)4-7/h1-2,4-5,8H,3H2. The SMILES string of the molecule is O=CC1Cc2ccc(C(F)(F)F)cc2S1. The second-order valence-corrected chi connectivity index (χ2v) is 4.60. The molecule has 1 aliphatic rings. The molecule has 2 rings (SSSR count). The lowest BCUT2D eigenvalue weighted by atomic mass is 10.1. The minimum absolute atomic E-state index is 0.233. The van der Waals surface area contributed by atoms with Crippen LogP contribution < -0.4 is 0 Å². The fourth-order valence-electron chi connectivity index (χ4n) is 1.51. The summed E-state index contributed by atoms with van der Waals surface area (Å²) in [5.41, 5.74) is 0.172. The number of alkyl halides is 3. The summed E-state index contributed by atoms with van der Waals surface area (Å²) in [6.07, 6.45) is -3.01. The van der Waals surface area contributed by atoms with Gasteiger partial charge < -0.3 is 4.79 Å². The van der Waals surface area contributed by atoms with Crippen LogP contribution in [0.25, 0.3) is 0 Å². The van der Waals surface area contributed by atoms with Gasteiger partial charge in [-0.2, -0.15) is 13.2 Å². The highest BCUT2D eigenvalue weighted by Crippen LogP contribution is 2.39. The van der Waals surface area contributed by atoms with Crippen molar-refractivity contribution in [3.63, 3.8) is 0 Å². The first-order valence-corrected chi connectivity index (χ1v) is 5.21. The fourth-order valence-corrected chi connectivity index (χ4v) is 2.65. The topological polar surface area (TPSA) is 17.1 Å². The Hall–Kier alpha value is -0.970. The van der Waals surface area contributed by atoms with Crippen molar-refractivity contribution >= 4 is 18.0 Å². The lowest BCUT2D eigenvalue weighted by molar-refractivity contribution is -0.137. The third kappa shape index (κ3) is 2.02. The maximum Gasteiger partial charge on any atom is 0.416 e. The molecule has 0 bridgehead atoms. The Morgan fingerprint density at radius 3 is 2.73 bits per heavy atom. The van der Waals surface area contributed by atoms with Crippen molar-refractivity contribution in [1.29, 1.82) is 0 Å². The first-order valence-electron chi connectivity index (χ1n) is 4.33. The van der Waals surface area contributed by atoms with Crippen molar-refractivity contribution in [2.75, 3.05) is 0 Å². The molecule has 0 aliphatic carbocycles. The Morgan fingerprint density at radius 2 is 2.13 bits per heavy atom. The van der Waals surface area contributed by atoms with E-state index in [0.29, 0.717) is 11.3 Å². The van der Waals surface area contributed by atoms with Gasteiger partial charge in [0.1, 0.15) is 6.29 Å². The minimum Gasteiger partial charge on any atom is -0.302 e. The summed E-state index contributed by atoms with van der Waals surface area (Å²) in [5.74, 6) is 0. The average Bonchev–Trinajstić information content (AvgIpc) is 2.57. The van der Waals surface area contributed by atoms with Crippen molar-refractivity contribution in [2.45, 2.75) is 22.7 Å². The predicted molar refractivity (Wildman–Crippen MR) is 50.9 cm³/mol. The van der Waals surface area contributed by atoms with Crippen molar-refractivity contribution in [2.24, 2.45) is 0 Å². The molecule has 1 aromatic carbocycles. The first-order chi connectivity index (χ1) is 7.00. The molecule has 1 unspecified atom stereocenters. The molecule has 1 nitrogen and oxygen atoms in total. The van der Waals surface area contributed by atoms with Gasteiger partial charge in [-0.1, -0.05) is 6.07 Å². The van der Waals surface area contributed by atoms with Gasteiger partial charge in [0, 0.05) is 4.90 Å². The molecule has 0 amide bonds. The Bertz CT molecular complexity index is 400. The summed E-state index contributed by atoms with van der Waals surface area (Å²) in [7, 11) is 0. The molecule has 0 spiro atoms. The van der Waals surface area contributed by atoms with Crippen LogP contribution in [0.3, 0.4) is 0 Å². The van der Waals surface area contributed by atoms with E-state index in [1.807, 2.05) is 0 Å². The van der Waals surface area contributed by atoms with Gasteiger partial charge in [0.05, 0.1) is 10.8 Å². The number of aldehydes is 1. The van der Waals surface area contributed by atoms with Gasteiger partial charge in [-0.25, -0.2) is 0 Å². The van der Waals surface area contributed by atoms with E-state index in [9.17, 15) is 18.0 Å². The molecule has 15 heavy (non-hydrogen) atoms. The Morgan fingerprint density at radius 1 is 1.40 bits per heavy atom. The lowest BCUT2D eigenvalue weighted by Crippen LogP contribution is -2.04. The summed E-state index contributed by atoms with van der Waals surface area (Å²) in [6, 6.07) is 3.63. The Labute approximate surface area is 88.7 Å². The van der Waals surface area contributed by atoms with E-state index in [1.54, 1.807) is 0 Å². The zero-order valence-corrected chi connectivity index (χ0v) is 8.36. The number of fused-ring (bicyclic) bond motifs is 1. The van der Waals surface area contributed by atoms with Gasteiger partial charge in [0.25, 0.3) is 0 Å². The normalized spacial score (nSPS) is 20.1. The average molecular weight is 232 g/mol. The number of carbonyl (C=O) groups is 1. The summed E-state index contributed by atoms with van der Waals surface area (Å²) in [4.78, 5) is 11.1. The van der Waals surface area contributed by atoms with Crippen molar-refractivity contribution in [1.82, 2.24) is 0 Å². The number of benzene rings is 1. The number of thioether (sulfide) groups is 1. The summed E-state index contributed by atoms with van der Waals surface area (Å²) in [5, 5.41) is -0.233. The third-order valence-electron chi connectivity index (χ3n) is 2.25. The summed E-state index contributed by atoms with van der Waals surface area (Å²) >= 11 is 1.20. The lowest BCUT2D eigenvalue weighted by Gasteiger charge is -2.07. The van der Waals surface area contributed by atoms with Crippen LogP contribution in [0, 0.1) is 0 Å². The van der Waals surface area contributed by atoms with E-state index in [-0.39, 0.29) is 5.25 Å². The monoisotopic (exact) mass is 232 g/mol. The predicted octanol–water partition coefficient (Wildman–Crippen LogP) is 2.92. The van der Waals surface area contributed by atoms with Crippen LogP contribution in [0.2, 0.25) is 0 Å². The number of hydrogen-bond acceptors (Lipinski definition) is 2. The smallest absolute Gasteiger partial charge is 0.302 e. The highest BCUT2D eigenvalue weighted by molar-refractivity contribution is 8.00. The molecule has 1 atom stereocenters. The van der Waals surface area contributed by atoms with Crippen LogP contribution in [0.15, 0.2) is 23.1 Å². The van der Waals surface area contributed by atoms with Gasteiger partial charge in [0.2, 0.25) is 0 Å². The molecule has 1 aromatic rings. The fraction of sp³-hybridized carbons (Fsp3) is 0.300. The molecule has 0 fully saturated rings. The molecule has 0 aromatic heterocycles. The van der Waals surface area contributed by atoms with Gasteiger partial charge in [-0.3, -0.25) is 0 Å². The Kier molecular flexibility index (Phi) is 2.50. The van der Waals surface area contributed by atoms with Crippen molar-refractivity contribution < 1.29 is 18.0 Å². The number of carbonyl (C=O) groups excluding carboxylic acids is 1. The molecule has 0 saturated carbocycles. The van der Waals surface area contributed by atoms with Crippen LogP contribution in [0.5, 0.6) is 0 Å². The quantitative estimate of drug-likeness (QED) is 0.692. The number of halogens is 3. The maximum atomic E-state index is 12.4. The molecular weight excluding hydrogens is 225 g/mol. The van der Waals surface area contributed by atoms with E-state index in [0.717, 1.165) is 24.0 Å². The van der Waals surface area contributed by atoms with E-state index in [1.165, 1.54) is 17.8 Å². The van der Waals surface area contributed by atoms with Gasteiger partial charge >= 0.3 is 6.18 Å². The van der Waals surface area contributed by atoms with Crippen LogP contribution in [-0.4, -0.2) is 11.5 Å². The largest absolute Gasteiger partial charge is 0.416 e. The molecule has 1 heterocycles. The van der Waals surface area contributed by atoms with Crippen LogP contribution in [0.1, 0.15) is 11.1 Å². The van der Waals surface area contributed by atoms with Crippen LogP contribution >= 0.6 is 11.8 Å². The number of hydrogen-bond donors (Lipinski definition) is 0. The molecular formula is C10H7F3OS. The molecule has 1 aliphatic heterocycles. The summed E-state index contributed by atoms with van der Waals surface area (Å²) < 4.78 is 37.1. The molecule has 0 N–H and O–H groups in total. The molecule has 0 radical (unpaired) electrons. The van der Waals surface area contributed by atoms with Gasteiger partial charge in [-0.15, -0.1) is 11.8 Å². The maximum absolute atomic E-state index is 12.4. The van der Waals surface area contributed by atoms with Crippen LogP contribution in [-0.2, 0) is 17.4 Å². The van der Waals surface area contributed by atoms with E-state index < -0.39 is 11.7 Å². The van der Waals surface area contributed by atoms with E-state index in [2.05, 4.69) is 0 Å². The van der Waals surface area contributed by atoms with Gasteiger partial charge in [-0.05, 0) is 24.1 Å². The second-order valence-electron chi connectivity index (χ2n) is 3.32. The van der Waals surface area contributed by atoms with E-state index in [4.69, 9.17) is 0 Å². The molecule has 0 saturated heterocycles. The minimum atomic E-state index is -4.31. The highest BCUT2D eigenvalue weighted by atomic mass is 32.2. The molecule has 80 valence electrons. The van der Waals surface area contributed by atoms with Crippen LogP contribution in [0.4, 0.5) is 13.2 Å². The zero-order chi connectivity index (χ0) is 11.1. The second kappa shape index (κ2) is 3.56. The third-order valence-corrected chi connectivity index (χ3v) is 3.46. The van der Waals surface area contributed by atoms with Crippen molar-refractivity contribution in [3.05, 3.63) is 29.3 Å². The van der Waals surface area contributed by atoms with E-state index >= 15 is 0 Å². The highest BCUT2D eigenvalue weighted by Gasteiger charge is 2.32. The van der Waals surface area contributed by atoms with Crippen molar-refractivity contribution in [3.8, 4) is 0 Å². The summed E-state index contributed by atoms with van der Waals surface area (Å²) in [6.45, 7) is 0. The molecule has 5 heteroatoms. The zero-order valence-electron chi connectivity index (χ0n) is 7.54. The number of rotatable bonds is 1. The first kappa shape index (κ1) is 10.5.